The maximum absolute atomic E-state index is 5.25. The van der Waals surface area contributed by atoms with E-state index in [-0.39, 0.29) is 10.8 Å². The zero-order valence-electron chi connectivity index (χ0n) is 9.81. The number of ether oxygens (including phenoxy) is 2. The second-order valence-corrected chi connectivity index (χ2v) is 5.84. The minimum Gasteiger partial charge on any atom is -0.347 e. The summed E-state index contributed by atoms with van der Waals surface area (Å²) in [6.45, 7) is 15.6. The molecule has 13 heavy (non-hydrogen) atoms. The highest BCUT2D eigenvalue weighted by atomic mass is 16.7. The fourth-order valence-corrected chi connectivity index (χ4v) is 0.616. The van der Waals surface area contributed by atoms with E-state index >= 15 is 0 Å². The second-order valence-electron chi connectivity index (χ2n) is 5.84. The summed E-state index contributed by atoms with van der Waals surface area (Å²) >= 11 is 0. The Labute approximate surface area is 82.6 Å². The first kappa shape index (κ1) is 12.9. The largest absolute Gasteiger partial charge is 0.347 e. The lowest BCUT2D eigenvalue weighted by molar-refractivity contribution is -0.0267. The minimum absolute atomic E-state index is 0.196. The third-order valence-electron chi connectivity index (χ3n) is 1.17. The van der Waals surface area contributed by atoms with Crippen LogP contribution in [0, 0.1) is 17.6 Å². The molecule has 0 amide bonds. The van der Waals surface area contributed by atoms with Gasteiger partial charge in [0.2, 0.25) is 6.79 Å². The summed E-state index contributed by atoms with van der Waals surface area (Å²) in [5, 5.41) is 0. The Kier molecular flexibility index (Phi) is 4.93. The number of hydrogen-bond acceptors (Lipinski definition) is 2. The smallest absolute Gasteiger partial charge is 0.209 e. The van der Waals surface area contributed by atoms with Crippen LogP contribution in [0.2, 0.25) is 0 Å². The Bertz CT molecular complexity index is 112. The molecule has 0 rings (SSSR count). The van der Waals surface area contributed by atoms with Gasteiger partial charge in [0, 0.05) is 0 Å². The van der Waals surface area contributed by atoms with Gasteiger partial charge in [-0.25, -0.2) is 0 Å². The van der Waals surface area contributed by atoms with Crippen molar-refractivity contribution in [2.45, 2.75) is 41.5 Å². The predicted octanol–water partition coefficient (Wildman–Crippen LogP) is 3.23. The topological polar surface area (TPSA) is 18.5 Å². The standard InChI is InChI=1S/C11H23O2/c1-10(2,3)7-12-9-13-8-11(4,5)6/h9H,7-8H2,1-6H3. The molecule has 0 aromatic heterocycles. The Morgan fingerprint density at radius 3 is 1.31 bits per heavy atom. The average molecular weight is 187 g/mol. The van der Waals surface area contributed by atoms with Crippen LogP contribution in [0.15, 0.2) is 0 Å². The van der Waals surface area contributed by atoms with Crippen molar-refractivity contribution >= 4 is 0 Å². The highest BCUT2D eigenvalue weighted by Crippen LogP contribution is 2.15. The van der Waals surface area contributed by atoms with Gasteiger partial charge in [0.15, 0.2) is 0 Å². The fourth-order valence-electron chi connectivity index (χ4n) is 0.616. The molecule has 0 spiro atoms. The molecule has 0 atom stereocenters. The predicted molar refractivity (Wildman–Crippen MR) is 55.1 cm³/mol. The third kappa shape index (κ3) is 11.9. The lowest BCUT2D eigenvalue weighted by atomic mass is 9.99. The molecule has 2 nitrogen and oxygen atoms in total. The van der Waals surface area contributed by atoms with Crippen LogP contribution in [0.5, 0.6) is 0 Å². The van der Waals surface area contributed by atoms with Gasteiger partial charge in [-0.05, 0) is 10.8 Å². The summed E-state index contributed by atoms with van der Waals surface area (Å²) in [6, 6.07) is 0. The molecule has 0 aliphatic heterocycles. The monoisotopic (exact) mass is 187 g/mol. The molecule has 0 unspecified atom stereocenters. The zero-order chi connectivity index (χ0) is 10.5. The maximum atomic E-state index is 5.25. The van der Waals surface area contributed by atoms with Crippen molar-refractivity contribution < 1.29 is 9.47 Å². The molecular weight excluding hydrogens is 164 g/mol. The zero-order valence-corrected chi connectivity index (χ0v) is 9.81. The molecule has 0 fully saturated rings. The molecule has 0 saturated carbocycles. The van der Waals surface area contributed by atoms with Crippen LogP contribution in [0.3, 0.4) is 0 Å². The van der Waals surface area contributed by atoms with E-state index in [2.05, 4.69) is 41.5 Å². The van der Waals surface area contributed by atoms with E-state index in [1.54, 1.807) is 0 Å². The molecule has 0 aliphatic carbocycles. The SMILES string of the molecule is CC(C)(C)CO[CH]OCC(C)(C)C. The van der Waals surface area contributed by atoms with E-state index in [4.69, 9.17) is 9.47 Å². The van der Waals surface area contributed by atoms with Crippen LogP contribution in [0.25, 0.3) is 0 Å². The van der Waals surface area contributed by atoms with Crippen LogP contribution >= 0.6 is 0 Å². The quantitative estimate of drug-likeness (QED) is 0.629. The van der Waals surface area contributed by atoms with Crippen LogP contribution in [-0.4, -0.2) is 13.2 Å². The molecule has 0 aromatic carbocycles. The van der Waals surface area contributed by atoms with Crippen LogP contribution in [0.4, 0.5) is 0 Å². The number of rotatable bonds is 4. The Hall–Kier alpha value is -0.0800. The summed E-state index contributed by atoms with van der Waals surface area (Å²) in [7, 11) is 0. The minimum atomic E-state index is 0.196. The first-order valence-corrected chi connectivity index (χ1v) is 4.76. The highest BCUT2D eigenvalue weighted by Gasteiger charge is 2.12. The summed E-state index contributed by atoms with van der Waals surface area (Å²) in [5.74, 6) is 0. The van der Waals surface area contributed by atoms with Gasteiger partial charge < -0.3 is 9.47 Å². The van der Waals surface area contributed by atoms with Crippen molar-refractivity contribution in [3.63, 3.8) is 0 Å². The summed E-state index contributed by atoms with van der Waals surface area (Å²) in [5.41, 5.74) is 0.392. The van der Waals surface area contributed by atoms with E-state index in [0.29, 0.717) is 13.2 Å². The highest BCUT2D eigenvalue weighted by molar-refractivity contribution is 4.61. The molecule has 0 bridgehead atoms. The van der Waals surface area contributed by atoms with Gasteiger partial charge in [0.05, 0.1) is 13.2 Å². The van der Waals surface area contributed by atoms with Crippen molar-refractivity contribution in [1.29, 1.82) is 0 Å². The van der Waals surface area contributed by atoms with Gasteiger partial charge in [-0.1, -0.05) is 41.5 Å². The molecule has 0 aromatic rings. The molecule has 2 heteroatoms. The lowest BCUT2D eigenvalue weighted by Crippen LogP contribution is -2.17. The van der Waals surface area contributed by atoms with E-state index in [1.165, 1.54) is 6.79 Å². The normalized spacial score (nSPS) is 13.4. The molecule has 0 N–H and O–H groups in total. The Morgan fingerprint density at radius 2 is 1.08 bits per heavy atom. The molecular formula is C11H23O2. The molecule has 0 aliphatic rings. The van der Waals surface area contributed by atoms with Gasteiger partial charge in [-0.15, -0.1) is 0 Å². The van der Waals surface area contributed by atoms with E-state index in [0.717, 1.165) is 0 Å². The van der Waals surface area contributed by atoms with Crippen molar-refractivity contribution in [3.05, 3.63) is 6.79 Å². The third-order valence-corrected chi connectivity index (χ3v) is 1.17. The maximum Gasteiger partial charge on any atom is 0.209 e. The number of hydrogen-bond donors (Lipinski definition) is 0. The second kappa shape index (κ2) is 4.97. The van der Waals surface area contributed by atoms with Crippen molar-refractivity contribution in [1.82, 2.24) is 0 Å². The average Bonchev–Trinajstić information content (AvgIpc) is 1.81. The van der Waals surface area contributed by atoms with Gasteiger partial charge in [0.25, 0.3) is 0 Å². The van der Waals surface area contributed by atoms with E-state index in [9.17, 15) is 0 Å². The van der Waals surface area contributed by atoms with Crippen molar-refractivity contribution in [2.75, 3.05) is 13.2 Å². The van der Waals surface area contributed by atoms with E-state index in [1.807, 2.05) is 0 Å². The van der Waals surface area contributed by atoms with Crippen molar-refractivity contribution in [3.8, 4) is 0 Å². The van der Waals surface area contributed by atoms with Crippen LogP contribution in [-0.2, 0) is 9.47 Å². The van der Waals surface area contributed by atoms with Gasteiger partial charge in [-0.2, -0.15) is 0 Å². The molecule has 79 valence electrons. The Balaban J connectivity index is 3.28. The Morgan fingerprint density at radius 1 is 0.769 bits per heavy atom. The summed E-state index contributed by atoms with van der Waals surface area (Å²) in [6.07, 6.45) is 0. The van der Waals surface area contributed by atoms with E-state index < -0.39 is 0 Å². The van der Waals surface area contributed by atoms with Crippen LogP contribution < -0.4 is 0 Å². The molecule has 1 radical (unpaired) electrons. The summed E-state index contributed by atoms with van der Waals surface area (Å²) in [4.78, 5) is 0. The van der Waals surface area contributed by atoms with Crippen LogP contribution in [0.1, 0.15) is 41.5 Å². The fraction of sp³-hybridized carbons (Fsp3) is 0.909. The molecule has 0 heterocycles. The lowest BCUT2D eigenvalue weighted by Gasteiger charge is -2.20. The van der Waals surface area contributed by atoms with Gasteiger partial charge in [-0.3, -0.25) is 0 Å². The van der Waals surface area contributed by atoms with Crippen molar-refractivity contribution in [2.24, 2.45) is 10.8 Å². The first-order valence-electron chi connectivity index (χ1n) is 4.76. The first-order chi connectivity index (χ1) is 5.71. The van der Waals surface area contributed by atoms with Gasteiger partial charge in [0.1, 0.15) is 0 Å². The molecule has 0 saturated heterocycles. The van der Waals surface area contributed by atoms with Gasteiger partial charge >= 0.3 is 0 Å². The summed E-state index contributed by atoms with van der Waals surface area (Å²) < 4.78 is 10.5.